The Balaban J connectivity index is 3.28. The predicted octanol–water partition coefficient (Wildman–Crippen LogP) is 2.64. The molecular weight excluding hydrogens is 257 g/mol. The van der Waals surface area contributed by atoms with Crippen molar-refractivity contribution in [2.24, 2.45) is 0 Å². The number of aromatic carboxylic acids is 1. The van der Waals surface area contributed by atoms with Crippen molar-refractivity contribution in [2.75, 3.05) is 0 Å². The molecule has 0 amide bonds. The number of hydrogen-bond donors (Lipinski definition) is 1. The highest BCUT2D eigenvalue weighted by Gasteiger charge is 2.12. The smallest absolute Gasteiger partial charge is 0.338 e. The molecule has 0 fully saturated rings. The number of aryl methyl sites for hydroxylation is 1. The van der Waals surface area contributed by atoms with Gasteiger partial charge in [-0.3, -0.25) is 0 Å². The molecule has 1 heterocycles. The summed E-state index contributed by atoms with van der Waals surface area (Å²) in [5, 5.41) is 9.32. The van der Waals surface area contributed by atoms with Crippen LogP contribution in [0.15, 0.2) is 6.07 Å². The van der Waals surface area contributed by atoms with Crippen LogP contribution in [0.5, 0.6) is 0 Å². The van der Waals surface area contributed by atoms with Crippen LogP contribution in [0, 0.1) is 6.92 Å². The van der Waals surface area contributed by atoms with E-state index in [1.165, 1.54) is 6.07 Å². The Labute approximate surface area is 88.9 Å². The van der Waals surface area contributed by atoms with Gasteiger partial charge in [0.1, 0.15) is 5.15 Å². The summed E-state index contributed by atoms with van der Waals surface area (Å²) in [5.41, 5.74) is 1.62. The van der Waals surface area contributed by atoms with E-state index in [-0.39, 0.29) is 10.7 Å². The molecule has 13 heavy (non-hydrogen) atoms. The van der Waals surface area contributed by atoms with Crippen LogP contribution >= 0.6 is 27.5 Å². The lowest BCUT2D eigenvalue weighted by molar-refractivity contribution is 0.0696. The summed E-state index contributed by atoms with van der Waals surface area (Å²) in [4.78, 5) is 14.6. The molecule has 1 N–H and O–H groups in total. The number of rotatable bonds is 2. The molecule has 0 aliphatic rings. The molecule has 1 aromatic heterocycles. The number of aromatic nitrogens is 1. The maximum absolute atomic E-state index is 10.6. The van der Waals surface area contributed by atoms with Crippen LogP contribution in [0.2, 0.25) is 5.15 Å². The van der Waals surface area contributed by atoms with E-state index in [0.717, 1.165) is 11.3 Å². The lowest BCUT2D eigenvalue weighted by Gasteiger charge is -2.04. The third-order valence-electron chi connectivity index (χ3n) is 1.63. The molecule has 0 radical (unpaired) electrons. The summed E-state index contributed by atoms with van der Waals surface area (Å²) in [7, 11) is 0. The molecule has 1 aromatic rings. The molecule has 0 aliphatic carbocycles. The number of carbonyl (C=O) groups is 1. The van der Waals surface area contributed by atoms with Gasteiger partial charge in [0.25, 0.3) is 0 Å². The van der Waals surface area contributed by atoms with Gasteiger partial charge in [-0.2, -0.15) is 0 Å². The van der Waals surface area contributed by atoms with Gasteiger partial charge in [0.05, 0.1) is 11.3 Å². The summed E-state index contributed by atoms with van der Waals surface area (Å²) in [6.45, 7) is 1.80. The van der Waals surface area contributed by atoms with Crippen molar-refractivity contribution in [2.45, 2.75) is 12.3 Å². The van der Waals surface area contributed by atoms with Crippen molar-refractivity contribution < 1.29 is 9.90 Å². The second-order valence-electron chi connectivity index (χ2n) is 2.53. The Morgan fingerprint density at radius 3 is 2.85 bits per heavy atom. The Hall–Kier alpha value is -0.610. The van der Waals surface area contributed by atoms with Crippen LogP contribution in [0.1, 0.15) is 21.6 Å². The lowest BCUT2D eigenvalue weighted by atomic mass is 10.2. The van der Waals surface area contributed by atoms with Crippen molar-refractivity contribution in [3.8, 4) is 0 Å². The van der Waals surface area contributed by atoms with Gasteiger partial charge in [-0.15, -0.1) is 0 Å². The highest BCUT2D eigenvalue weighted by atomic mass is 79.9. The molecular formula is C8H7BrClNO2. The predicted molar refractivity (Wildman–Crippen MR) is 53.6 cm³/mol. The zero-order chi connectivity index (χ0) is 10.0. The van der Waals surface area contributed by atoms with Gasteiger partial charge in [0, 0.05) is 5.33 Å². The maximum atomic E-state index is 10.6. The third kappa shape index (κ3) is 2.19. The fourth-order valence-electron chi connectivity index (χ4n) is 0.912. The van der Waals surface area contributed by atoms with E-state index in [1.807, 2.05) is 0 Å². The minimum Gasteiger partial charge on any atom is -0.478 e. The molecule has 3 nitrogen and oxygen atoms in total. The van der Waals surface area contributed by atoms with E-state index in [4.69, 9.17) is 16.7 Å². The van der Waals surface area contributed by atoms with E-state index < -0.39 is 5.97 Å². The van der Waals surface area contributed by atoms with Crippen LogP contribution in [0.3, 0.4) is 0 Å². The Kier molecular flexibility index (Phi) is 3.27. The number of hydrogen-bond acceptors (Lipinski definition) is 2. The Bertz CT molecular complexity index is 354. The summed E-state index contributed by atoms with van der Waals surface area (Å²) >= 11 is 8.90. The first-order valence-electron chi connectivity index (χ1n) is 3.51. The van der Waals surface area contributed by atoms with Crippen molar-refractivity contribution >= 4 is 33.5 Å². The minimum absolute atomic E-state index is 0.0348. The summed E-state index contributed by atoms with van der Waals surface area (Å²) in [6.07, 6.45) is 0. The van der Waals surface area contributed by atoms with Crippen molar-refractivity contribution in [1.82, 2.24) is 4.98 Å². The van der Waals surface area contributed by atoms with Gasteiger partial charge in [-0.05, 0) is 18.6 Å². The van der Waals surface area contributed by atoms with Gasteiger partial charge in [0.2, 0.25) is 0 Å². The fourth-order valence-corrected chi connectivity index (χ4v) is 1.72. The topological polar surface area (TPSA) is 50.2 Å². The molecule has 1 rings (SSSR count). The first-order valence-corrected chi connectivity index (χ1v) is 5.01. The monoisotopic (exact) mass is 263 g/mol. The van der Waals surface area contributed by atoms with Crippen LogP contribution in [-0.2, 0) is 5.33 Å². The molecule has 0 bridgehead atoms. The first-order chi connectivity index (χ1) is 6.06. The molecule has 70 valence electrons. The largest absolute Gasteiger partial charge is 0.478 e. The molecule has 0 saturated heterocycles. The fraction of sp³-hybridized carbons (Fsp3) is 0.250. The van der Waals surface area contributed by atoms with E-state index in [1.54, 1.807) is 6.92 Å². The van der Waals surface area contributed by atoms with Gasteiger partial charge in [0.15, 0.2) is 0 Å². The summed E-state index contributed by atoms with van der Waals surface area (Å²) in [6, 6.07) is 1.52. The van der Waals surface area contributed by atoms with Gasteiger partial charge < -0.3 is 5.11 Å². The zero-order valence-electron chi connectivity index (χ0n) is 6.84. The minimum atomic E-state index is -1.05. The number of alkyl halides is 1. The SMILES string of the molecule is Cc1cc(C(=O)O)c(Cl)nc1CBr. The van der Waals surface area contributed by atoms with Crippen LogP contribution < -0.4 is 0 Å². The number of pyridine rings is 1. The average molecular weight is 265 g/mol. The number of halogens is 2. The standard InChI is InChI=1S/C8H7BrClNO2/c1-4-2-5(8(12)13)7(10)11-6(4)3-9/h2H,3H2,1H3,(H,12,13). The van der Waals surface area contributed by atoms with E-state index in [9.17, 15) is 4.79 Å². The quantitative estimate of drug-likeness (QED) is 0.660. The zero-order valence-corrected chi connectivity index (χ0v) is 9.18. The van der Waals surface area contributed by atoms with Gasteiger partial charge in [-0.1, -0.05) is 27.5 Å². The third-order valence-corrected chi connectivity index (χ3v) is 2.45. The first kappa shape index (κ1) is 10.5. The number of carboxylic acid groups (broad SMARTS) is 1. The average Bonchev–Trinajstić information content (AvgIpc) is 2.07. The van der Waals surface area contributed by atoms with E-state index in [0.29, 0.717) is 5.33 Å². The highest BCUT2D eigenvalue weighted by Crippen LogP contribution is 2.18. The van der Waals surface area contributed by atoms with E-state index in [2.05, 4.69) is 20.9 Å². The molecule has 0 atom stereocenters. The van der Waals surface area contributed by atoms with Crippen LogP contribution in [0.25, 0.3) is 0 Å². The summed E-state index contributed by atoms with van der Waals surface area (Å²) in [5.74, 6) is -1.05. The molecule has 5 heteroatoms. The Morgan fingerprint density at radius 1 is 1.77 bits per heavy atom. The molecule has 0 spiro atoms. The van der Waals surface area contributed by atoms with Gasteiger partial charge in [-0.25, -0.2) is 9.78 Å². The second-order valence-corrected chi connectivity index (χ2v) is 3.45. The number of nitrogens with zero attached hydrogens (tertiary/aromatic N) is 1. The second kappa shape index (κ2) is 4.07. The highest BCUT2D eigenvalue weighted by molar-refractivity contribution is 9.08. The summed E-state index contributed by atoms with van der Waals surface area (Å²) < 4.78 is 0. The van der Waals surface area contributed by atoms with Crippen molar-refractivity contribution in [3.05, 3.63) is 28.0 Å². The molecule has 0 aliphatic heterocycles. The van der Waals surface area contributed by atoms with Gasteiger partial charge >= 0.3 is 5.97 Å². The van der Waals surface area contributed by atoms with Crippen molar-refractivity contribution in [1.29, 1.82) is 0 Å². The Morgan fingerprint density at radius 2 is 2.38 bits per heavy atom. The van der Waals surface area contributed by atoms with Crippen molar-refractivity contribution in [3.63, 3.8) is 0 Å². The van der Waals surface area contributed by atoms with Crippen LogP contribution in [-0.4, -0.2) is 16.1 Å². The van der Waals surface area contributed by atoms with E-state index >= 15 is 0 Å². The normalized spacial score (nSPS) is 10.1. The molecule has 0 aromatic carbocycles. The lowest BCUT2D eigenvalue weighted by Crippen LogP contribution is -2.02. The van der Waals surface area contributed by atoms with Crippen LogP contribution in [0.4, 0.5) is 0 Å². The molecule has 0 unspecified atom stereocenters. The molecule has 0 saturated carbocycles. The maximum Gasteiger partial charge on any atom is 0.338 e. The number of carboxylic acids is 1.